The zero-order chi connectivity index (χ0) is 29.6. The third-order valence-electron chi connectivity index (χ3n) is 8.21. The summed E-state index contributed by atoms with van der Waals surface area (Å²) in [7, 11) is 0. The van der Waals surface area contributed by atoms with E-state index in [1.54, 1.807) is 4.52 Å². The zero-order valence-electron chi connectivity index (χ0n) is 25.1. The van der Waals surface area contributed by atoms with Crippen molar-refractivity contribution < 1.29 is 19.4 Å². The number of hydrogen-bond donors (Lipinski definition) is 1. The quantitative estimate of drug-likeness (QED) is 0.334. The molecule has 222 valence electrons. The van der Waals surface area contributed by atoms with Gasteiger partial charge in [-0.15, -0.1) is 0 Å². The van der Waals surface area contributed by atoms with Crippen LogP contribution in [0.4, 0.5) is 5.82 Å². The third-order valence-corrected chi connectivity index (χ3v) is 8.21. The highest BCUT2D eigenvalue weighted by atomic mass is 16.5. The number of ether oxygens (including phenoxy) is 2. The molecule has 3 aliphatic rings. The maximum absolute atomic E-state index is 12.7. The van der Waals surface area contributed by atoms with Crippen molar-refractivity contribution in [2.45, 2.75) is 84.2 Å². The molecule has 1 N–H and O–H groups in total. The molecule has 0 unspecified atom stereocenters. The lowest BCUT2D eigenvalue weighted by Crippen LogP contribution is -2.46. The number of aliphatic carboxylic acids is 1. The lowest BCUT2D eigenvalue weighted by atomic mass is 9.92. The Morgan fingerprint density at radius 3 is 2.50 bits per heavy atom. The van der Waals surface area contributed by atoms with Crippen LogP contribution in [0.15, 0.2) is 42.6 Å². The van der Waals surface area contributed by atoms with E-state index >= 15 is 0 Å². The number of aromatic nitrogens is 5. The Morgan fingerprint density at radius 2 is 1.79 bits per heavy atom. The van der Waals surface area contributed by atoms with Gasteiger partial charge in [-0.2, -0.15) is 14.7 Å². The van der Waals surface area contributed by atoms with Crippen molar-refractivity contribution in [2.24, 2.45) is 0 Å². The zero-order valence-corrected chi connectivity index (χ0v) is 25.1. The van der Waals surface area contributed by atoms with Gasteiger partial charge in [-0.3, -0.25) is 4.68 Å². The van der Waals surface area contributed by atoms with Crippen molar-refractivity contribution in [3.05, 3.63) is 53.9 Å². The SMILES string of the molecule is Cc1nc2cc3nn2c(c1[C@H](OC(C)(C)C)C(=O)O)N1CCC(C)(CC1)OCCCCn1ccc(n1)-c1cccc-3c1. The normalized spacial score (nSPS) is 18.1. The lowest BCUT2D eigenvalue weighted by Gasteiger charge is -2.41. The molecule has 0 spiro atoms. The molecule has 3 aromatic heterocycles. The largest absolute Gasteiger partial charge is 0.479 e. The minimum Gasteiger partial charge on any atom is -0.479 e. The average Bonchev–Trinajstić information content (AvgIpc) is 3.58. The van der Waals surface area contributed by atoms with Crippen molar-refractivity contribution in [3.63, 3.8) is 0 Å². The number of carboxylic acid groups (broad SMARTS) is 1. The Kier molecular flexibility index (Phi) is 7.31. The number of piperidine rings is 1. The molecular weight excluding hydrogens is 532 g/mol. The van der Waals surface area contributed by atoms with Gasteiger partial charge >= 0.3 is 5.97 Å². The Bertz CT molecular complexity index is 1610. The number of fused-ring (bicyclic) bond motifs is 6. The fourth-order valence-electron chi connectivity index (χ4n) is 5.96. The van der Waals surface area contributed by atoms with Gasteiger partial charge in [0.25, 0.3) is 0 Å². The van der Waals surface area contributed by atoms with E-state index in [9.17, 15) is 9.90 Å². The number of hydrogen-bond acceptors (Lipinski definition) is 7. The van der Waals surface area contributed by atoms with Gasteiger partial charge in [0.05, 0.1) is 28.2 Å². The molecule has 10 nitrogen and oxygen atoms in total. The monoisotopic (exact) mass is 572 g/mol. The predicted molar refractivity (Wildman–Crippen MR) is 161 cm³/mol. The molecule has 1 atom stereocenters. The number of rotatable bonds is 3. The highest BCUT2D eigenvalue weighted by Gasteiger charge is 2.37. The van der Waals surface area contributed by atoms with E-state index in [4.69, 9.17) is 24.7 Å². The Hall–Kier alpha value is -3.76. The summed E-state index contributed by atoms with van der Waals surface area (Å²) in [5.74, 6) is -0.332. The van der Waals surface area contributed by atoms with Crippen molar-refractivity contribution >= 4 is 17.4 Å². The van der Waals surface area contributed by atoms with E-state index in [1.807, 2.05) is 62.8 Å². The first-order valence-corrected chi connectivity index (χ1v) is 14.8. The number of carboxylic acids is 1. The minimum absolute atomic E-state index is 0.248. The van der Waals surface area contributed by atoms with Gasteiger partial charge in [0.1, 0.15) is 5.82 Å². The highest BCUT2D eigenvalue weighted by molar-refractivity contribution is 5.79. The topological polar surface area (TPSA) is 107 Å². The van der Waals surface area contributed by atoms with Crippen molar-refractivity contribution in [1.82, 2.24) is 24.4 Å². The summed E-state index contributed by atoms with van der Waals surface area (Å²) in [4.78, 5) is 19.8. The van der Waals surface area contributed by atoms with Crippen molar-refractivity contribution in [1.29, 1.82) is 0 Å². The summed E-state index contributed by atoms with van der Waals surface area (Å²) < 4.78 is 16.4. The Morgan fingerprint density at radius 1 is 1.05 bits per heavy atom. The summed E-state index contributed by atoms with van der Waals surface area (Å²) in [5.41, 5.74) is 4.51. The number of nitrogens with zero attached hydrogens (tertiary/aromatic N) is 6. The number of anilines is 1. The molecule has 0 amide bonds. The first kappa shape index (κ1) is 28.4. The molecule has 0 aliphatic carbocycles. The smallest absolute Gasteiger partial charge is 0.337 e. The van der Waals surface area contributed by atoms with Crippen LogP contribution in [0.5, 0.6) is 0 Å². The summed E-state index contributed by atoms with van der Waals surface area (Å²) >= 11 is 0. The average molecular weight is 573 g/mol. The van der Waals surface area contributed by atoms with E-state index < -0.39 is 17.7 Å². The second kappa shape index (κ2) is 10.8. The first-order chi connectivity index (χ1) is 20.0. The second-order valence-corrected chi connectivity index (χ2v) is 12.7. The highest BCUT2D eigenvalue weighted by Crippen LogP contribution is 2.38. The van der Waals surface area contributed by atoms with Crippen LogP contribution >= 0.6 is 0 Å². The number of benzene rings is 1. The molecule has 3 aliphatic heterocycles. The van der Waals surface area contributed by atoms with Crippen LogP contribution in [0.2, 0.25) is 0 Å². The van der Waals surface area contributed by atoms with Gasteiger partial charge in [-0.25, -0.2) is 9.78 Å². The van der Waals surface area contributed by atoms with Gasteiger partial charge in [0.15, 0.2) is 11.8 Å². The van der Waals surface area contributed by atoms with Crippen LogP contribution in [0.25, 0.3) is 28.2 Å². The summed E-state index contributed by atoms with van der Waals surface area (Å²) in [6.07, 6.45) is 4.40. The van der Waals surface area contributed by atoms with E-state index in [-0.39, 0.29) is 5.60 Å². The maximum atomic E-state index is 12.7. The molecular formula is C32H40N6O4. The van der Waals surface area contributed by atoms with E-state index in [0.29, 0.717) is 36.6 Å². The van der Waals surface area contributed by atoms with Crippen LogP contribution in [-0.4, -0.2) is 66.4 Å². The van der Waals surface area contributed by atoms with Gasteiger partial charge < -0.3 is 19.5 Å². The Labute approximate surface area is 246 Å². The molecule has 1 fully saturated rings. The van der Waals surface area contributed by atoms with Crippen LogP contribution in [0.3, 0.4) is 0 Å². The molecule has 0 radical (unpaired) electrons. The fourth-order valence-corrected chi connectivity index (χ4v) is 5.96. The number of carbonyl (C=O) groups is 1. The van der Waals surface area contributed by atoms with Crippen LogP contribution in [0, 0.1) is 6.92 Å². The van der Waals surface area contributed by atoms with E-state index in [1.165, 1.54) is 0 Å². The van der Waals surface area contributed by atoms with E-state index in [0.717, 1.165) is 60.6 Å². The van der Waals surface area contributed by atoms with E-state index in [2.05, 4.69) is 24.0 Å². The first-order valence-electron chi connectivity index (χ1n) is 14.8. The predicted octanol–water partition coefficient (Wildman–Crippen LogP) is 5.68. The van der Waals surface area contributed by atoms with Crippen LogP contribution in [0.1, 0.15) is 70.7 Å². The third kappa shape index (κ3) is 5.65. The molecule has 42 heavy (non-hydrogen) atoms. The van der Waals surface area contributed by atoms with Gasteiger partial charge in [0, 0.05) is 55.3 Å². The molecule has 1 aromatic carbocycles. The van der Waals surface area contributed by atoms with Gasteiger partial charge in [-0.05, 0) is 72.4 Å². The van der Waals surface area contributed by atoms with Crippen molar-refractivity contribution in [2.75, 3.05) is 24.6 Å². The molecule has 6 heterocycles. The molecule has 10 heteroatoms. The molecule has 7 rings (SSSR count). The number of aryl methyl sites for hydroxylation is 2. The summed E-state index contributed by atoms with van der Waals surface area (Å²) in [6.45, 7) is 12.6. The molecule has 4 aromatic rings. The molecule has 0 saturated carbocycles. The van der Waals surface area contributed by atoms with Gasteiger partial charge in [0.2, 0.25) is 0 Å². The molecule has 1 saturated heterocycles. The lowest BCUT2D eigenvalue weighted by molar-refractivity contribution is -0.160. The summed E-state index contributed by atoms with van der Waals surface area (Å²) in [6, 6.07) is 12.2. The van der Waals surface area contributed by atoms with Crippen molar-refractivity contribution in [3.8, 4) is 22.5 Å². The van der Waals surface area contributed by atoms with Gasteiger partial charge in [-0.1, -0.05) is 18.2 Å². The molecule has 8 bridgehead atoms. The summed E-state index contributed by atoms with van der Waals surface area (Å²) in [5, 5.41) is 20.3. The second-order valence-electron chi connectivity index (χ2n) is 12.7. The Balaban J connectivity index is 1.53. The standard InChI is InChI=1S/C32H40N6O4/c1-21-27(28(30(39)40)42-31(2,3)4)29-36-16-12-32(5,13-17-36)41-18-7-6-14-37-15-11-24(34-37)22-9-8-10-23(19-22)25-20-26(33-21)38(29)35-25/h8-11,15,19-20,28H,6-7,12-14,16-18H2,1-5H3,(H,39,40)/t28-/m0/s1. The fraction of sp³-hybridized carbons (Fsp3) is 0.500. The van der Waals surface area contributed by atoms with Crippen LogP contribution in [-0.2, 0) is 20.8 Å². The maximum Gasteiger partial charge on any atom is 0.337 e. The van der Waals surface area contributed by atoms with Crippen LogP contribution < -0.4 is 4.90 Å². The minimum atomic E-state index is -1.20.